The van der Waals surface area contributed by atoms with Crippen LogP contribution in [0.4, 0.5) is 21.6 Å². The van der Waals surface area contributed by atoms with Gasteiger partial charge < -0.3 is 10.6 Å². The Bertz CT molecular complexity index is 878. The van der Waals surface area contributed by atoms with Crippen LogP contribution in [0, 0.1) is 12.7 Å². The van der Waals surface area contributed by atoms with Crippen molar-refractivity contribution in [3.8, 4) is 0 Å². The van der Waals surface area contributed by atoms with Gasteiger partial charge in [0.2, 0.25) is 5.91 Å². The highest BCUT2D eigenvalue weighted by atomic mass is 19.1. The number of aromatic nitrogens is 1. The molecule has 0 radical (unpaired) electrons. The maximum atomic E-state index is 13.1. The van der Waals surface area contributed by atoms with E-state index in [9.17, 15) is 9.18 Å². The maximum Gasteiger partial charge on any atom is 0.228 e. The number of amides is 1. The molecule has 0 aliphatic carbocycles. The van der Waals surface area contributed by atoms with Gasteiger partial charge in [0.15, 0.2) is 0 Å². The number of rotatable bonds is 5. The number of nitrogens with zero attached hydrogens (tertiary/aromatic N) is 1. The number of aryl methyl sites for hydroxylation is 1. The summed E-state index contributed by atoms with van der Waals surface area (Å²) in [6, 6.07) is 17.6. The molecular formula is C20H18FN3O. The Balaban J connectivity index is 1.59. The van der Waals surface area contributed by atoms with Crippen molar-refractivity contribution in [1.29, 1.82) is 0 Å². The molecule has 2 aromatic carbocycles. The molecule has 0 fully saturated rings. The summed E-state index contributed by atoms with van der Waals surface area (Å²) in [4.78, 5) is 16.3. The Kier molecular flexibility index (Phi) is 5.04. The van der Waals surface area contributed by atoms with Gasteiger partial charge in [-0.2, -0.15) is 0 Å². The van der Waals surface area contributed by atoms with Gasteiger partial charge in [0.05, 0.1) is 18.3 Å². The summed E-state index contributed by atoms with van der Waals surface area (Å²) in [5.74, 6) is 0.124. The van der Waals surface area contributed by atoms with Gasteiger partial charge in [0, 0.05) is 5.69 Å². The van der Waals surface area contributed by atoms with E-state index in [0.717, 1.165) is 11.3 Å². The van der Waals surface area contributed by atoms with E-state index < -0.39 is 0 Å². The highest BCUT2D eigenvalue weighted by Gasteiger charge is 2.06. The molecule has 3 rings (SSSR count). The molecule has 0 saturated carbocycles. The van der Waals surface area contributed by atoms with Gasteiger partial charge in [0.1, 0.15) is 11.6 Å². The number of nitrogens with one attached hydrogen (secondary N) is 2. The lowest BCUT2D eigenvalue weighted by molar-refractivity contribution is -0.115. The molecule has 4 nitrogen and oxygen atoms in total. The maximum absolute atomic E-state index is 13.1. The molecule has 0 aliphatic heterocycles. The zero-order chi connectivity index (χ0) is 17.6. The molecule has 0 saturated heterocycles. The Morgan fingerprint density at radius 2 is 1.88 bits per heavy atom. The van der Waals surface area contributed by atoms with E-state index in [-0.39, 0.29) is 18.1 Å². The van der Waals surface area contributed by atoms with Crippen LogP contribution in [0.5, 0.6) is 0 Å². The van der Waals surface area contributed by atoms with E-state index >= 15 is 0 Å². The van der Waals surface area contributed by atoms with Crippen molar-refractivity contribution < 1.29 is 9.18 Å². The topological polar surface area (TPSA) is 54.0 Å². The summed E-state index contributed by atoms with van der Waals surface area (Å²) < 4.78 is 13.1. The molecule has 0 bridgehead atoms. The van der Waals surface area contributed by atoms with Crippen molar-refractivity contribution in [1.82, 2.24) is 4.98 Å². The van der Waals surface area contributed by atoms with Gasteiger partial charge in [-0.15, -0.1) is 0 Å². The zero-order valence-electron chi connectivity index (χ0n) is 13.8. The summed E-state index contributed by atoms with van der Waals surface area (Å²) in [5, 5.41) is 5.96. The number of carbonyl (C=O) groups is 1. The largest absolute Gasteiger partial charge is 0.340 e. The van der Waals surface area contributed by atoms with Crippen LogP contribution in [0.25, 0.3) is 0 Å². The second-order valence-electron chi connectivity index (χ2n) is 5.78. The summed E-state index contributed by atoms with van der Waals surface area (Å²) >= 11 is 0. The molecule has 1 aromatic heterocycles. The predicted molar refractivity (Wildman–Crippen MR) is 97.4 cm³/mol. The SMILES string of the molecule is Cc1cccc(Nc2ccc(NC(=O)Cc3cccc(F)c3)cn2)c1. The van der Waals surface area contributed by atoms with Crippen molar-refractivity contribution in [2.75, 3.05) is 10.6 Å². The fraction of sp³-hybridized carbons (Fsp3) is 0.100. The molecule has 25 heavy (non-hydrogen) atoms. The summed E-state index contributed by atoms with van der Waals surface area (Å²) in [6.45, 7) is 2.02. The smallest absolute Gasteiger partial charge is 0.228 e. The molecule has 0 unspecified atom stereocenters. The average Bonchev–Trinajstić information content (AvgIpc) is 2.57. The molecule has 1 heterocycles. The number of halogens is 1. The highest BCUT2D eigenvalue weighted by Crippen LogP contribution is 2.17. The third-order valence-electron chi connectivity index (χ3n) is 3.59. The summed E-state index contributed by atoms with van der Waals surface area (Å²) in [7, 11) is 0. The number of benzene rings is 2. The number of carbonyl (C=O) groups excluding carboxylic acids is 1. The Labute approximate surface area is 145 Å². The van der Waals surface area contributed by atoms with Crippen molar-refractivity contribution in [2.24, 2.45) is 0 Å². The van der Waals surface area contributed by atoms with Crippen LogP contribution in [0.1, 0.15) is 11.1 Å². The van der Waals surface area contributed by atoms with E-state index in [1.165, 1.54) is 12.1 Å². The first kappa shape index (κ1) is 16.6. The van der Waals surface area contributed by atoms with Crippen LogP contribution < -0.4 is 10.6 Å². The van der Waals surface area contributed by atoms with Gasteiger partial charge in [0.25, 0.3) is 0 Å². The molecular weight excluding hydrogens is 317 g/mol. The van der Waals surface area contributed by atoms with Crippen molar-refractivity contribution >= 4 is 23.1 Å². The van der Waals surface area contributed by atoms with Crippen molar-refractivity contribution in [3.63, 3.8) is 0 Å². The minimum absolute atomic E-state index is 0.112. The van der Waals surface area contributed by atoms with Gasteiger partial charge in [-0.25, -0.2) is 9.37 Å². The van der Waals surface area contributed by atoms with Crippen LogP contribution in [-0.2, 0) is 11.2 Å². The first-order valence-electron chi connectivity index (χ1n) is 7.92. The minimum Gasteiger partial charge on any atom is -0.340 e. The van der Waals surface area contributed by atoms with Crippen molar-refractivity contribution in [2.45, 2.75) is 13.3 Å². The third-order valence-corrected chi connectivity index (χ3v) is 3.59. The number of hydrogen-bond donors (Lipinski definition) is 2. The minimum atomic E-state index is -0.349. The predicted octanol–water partition coefficient (Wildman–Crippen LogP) is 4.45. The summed E-state index contributed by atoms with van der Waals surface area (Å²) in [5.41, 5.74) is 3.33. The van der Waals surface area contributed by atoms with Gasteiger partial charge in [-0.05, 0) is 54.4 Å². The first-order valence-corrected chi connectivity index (χ1v) is 7.92. The zero-order valence-corrected chi connectivity index (χ0v) is 13.8. The lowest BCUT2D eigenvalue weighted by Gasteiger charge is -2.08. The monoisotopic (exact) mass is 335 g/mol. The Morgan fingerprint density at radius 1 is 1.04 bits per heavy atom. The molecule has 0 aliphatic rings. The molecule has 0 spiro atoms. The molecule has 126 valence electrons. The number of anilines is 3. The second kappa shape index (κ2) is 7.57. The average molecular weight is 335 g/mol. The Morgan fingerprint density at radius 3 is 2.60 bits per heavy atom. The molecule has 1 amide bonds. The van der Waals surface area contributed by atoms with E-state index in [4.69, 9.17) is 0 Å². The molecule has 3 aromatic rings. The standard InChI is InChI=1S/C20H18FN3O/c1-14-4-2-7-17(10-14)23-19-9-8-18(13-22-19)24-20(25)12-15-5-3-6-16(21)11-15/h2-11,13H,12H2,1H3,(H,22,23)(H,24,25). The second-order valence-corrected chi connectivity index (χ2v) is 5.78. The fourth-order valence-electron chi connectivity index (χ4n) is 2.45. The van der Waals surface area contributed by atoms with Gasteiger partial charge in [-0.1, -0.05) is 24.3 Å². The van der Waals surface area contributed by atoms with Crippen molar-refractivity contribution in [3.05, 3.63) is 83.8 Å². The quantitative estimate of drug-likeness (QED) is 0.724. The van der Waals surface area contributed by atoms with E-state index in [1.54, 1.807) is 30.5 Å². The van der Waals surface area contributed by atoms with Crippen LogP contribution in [0.3, 0.4) is 0 Å². The van der Waals surface area contributed by atoms with E-state index in [1.807, 2.05) is 31.2 Å². The molecule has 0 atom stereocenters. The van der Waals surface area contributed by atoms with Crippen LogP contribution in [0.2, 0.25) is 0 Å². The van der Waals surface area contributed by atoms with Crippen LogP contribution >= 0.6 is 0 Å². The third kappa shape index (κ3) is 4.88. The normalized spacial score (nSPS) is 10.3. The van der Waals surface area contributed by atoms with Crippen LogP contribution in [-0.4, -0.2) is 10.9 Å². The first-order chi connectivity index (χ1) is 12.1. The highest BCUT2D eigenvalue weighted by molar-refractivity contribution is 5.92. The molecule has 5 heteroatoms. The van der Waals surface area contributed by atoms with E-state index in [2.05, 4.69) is 15.6 Å². The van der Waals surface area contributed by atoms with E-state index in [0.29, 0.717) is 17.1 Å². The summed E-state index contributed by atoms with van der Waals surface area (Å²) in [6.07, 6.45) is 1.70. The number of pyridine rings is 1. The lowest BCUT2D eigenvalue weighted by atomic mass is 10.1. The van der Waals surface area contributed by atoms with Gasteiger partial charge >= 0.3 is 0 Å². The lowest BCUT2D eigenvalue weighted by Crippen LogP contribution is -2.14. The van der Waals surface area contributed by atoms with Gasteiger partial charge in [-0.3, -0.25) is 4.79 Å². The Hall–Kier alpha value is -3.21. The number of hydrogen-bond acceptors (Lipinski definition) is 3. The fourth-order valence-corrected chi connectivity index (χ4v) is 2.45. The van der Waals surface area contributed by atoms with Crippen LogP contribution in [0.15, 0.2) is 66.9 Å². The molecule has 2 N–H and O–H groups in total.